The summed E-state index contributed by atoms with van der Waals surface area (Å²) in [5.41, 5.74) is 1.85. The Bertz CT molecular complexity index is 976. The van der Waals surface area contributed by atoms with Gasteiger partial charge >= 0.3 is 5.97 Å². The zero-order valence-corrected chi connectivity index (χ0v) is 17.4. The number of carboxylic acids is 1. The van der Waals surface area contributed by atoms with E-state index in [1.807, 2.05) is 60.5 Å². The molecule has 0 aliphatic carbocycles. The molecule has 1 aromatic heterocycles. The first-order valence-electron chi connectivity index (χ1n) is 10.0. The van der Waals surface area contributed by atoms with Crippen LogP contribution in [0.5, 0.6) is 5.75 Å². The third kappa shape index (κ3) is 5.67. The maximum atomic E-state index is 10.5. The van der Waals surface area contributed by atoms with Crippen LogP contribution in [0, 0.1) is 0 Å². The lowest BCUT2D eigenvalue weighted by Gasteiger charge is -2.21. The summed E-state index contributed by atoms with van der Waals surface area (Å²) in [4.78, 5) is 22.0. The molecular weight excluding hydrogens is 382 g/mol. The van der Waals surface area contributed by atoms with Crippen molar-refractivity contribution in [3.8, 4) is 5.75 Å². The first-order chi connectivity index (χ1) is 14.6. The zero-order chi connectivity index (χ0) is 21.3. The van der Waals surface area contributed by atoms with E-state index in [-0.39, 0.29) is 6.42 Å². The van der Waals surface area contributed by atoms with E-state index in [0.717, 1.165) is 41.0 Å². The number of hydrogen-bond acceptors (Lipinski definition) is 6. The number of nitrogens with zero attached hydrogens (tertiary/aromatic N) is 3. The second-order valence-corrected chi connectivity index (χ2v) is 6.99. The van der Waals surface area contributed by atoms with Gasteiger partial charge in [-0.25, -0.2) is 9.97 Å². The SMILES string of the molecule is COc1ccc(N(C)c2nc(COCCCCCC(=O)O)nc3ccccc23)cc1. The van der Waals surface area contributed by atoms with Gasteiger partial charge in [0.2, 0.25) is 0 Å². The summed E-state index contributed by atoms with van der Waals surface area (Å²) in [5, 5.41) is 9.64. The summed E-state index contributed by atoms with van der Waals surface area (Å²) in [6.07, 6.45) is 2.52. The molecule has 0 bridgehead atoms. The fourth-order valence-electron chi connectivity index (χ4n) is 3.18. The van der Waals surface area contributed by atoms with Crippen LogP contribution >= 0.6 is 0 Å². The van der Waals surface area contributed by atoms with E-state index in [1.165, 1.54) is 0 Å². The molecular formula is C23H27N3O4. The average Bonchev–Trinajstić information content (AvgIpc) is 2.77. The van der Waals surface area contributed by atoms with Gasteiger partial charge in [0.25, 0.3) is 0 Å². The fraction of sp³-hybridized carbons (Fsp3) is 0.348. The van der Waals surface area contributed by atoms with Gasteiger partial charge in [0.05, 0.1) is 12.6 Å². The number of anilines is 2. The summed E-state index contributed by atoms with van der Waals surface area (Å²) in [6.45, 7) is 0.868. The van der Waals surface area contributed by atoms with E-state index in [4.69, 9.17) is 19.6 Å². The normalized spacial score (nSPS) is 10.9. The predicted octanol–water partition coefficient (Wildman–Crippen LogP) is 4.57. The molecule has 0 saturated carbocycles. The molecule has 7 nitrogen and oxygen atoms in total. The molecule has 0 amide bonds. The largest absolute Gasteiger partial charge is 0.497 e. The lowest BCUT2D eigenvalue weighted by Crippen LogP contribution is -2.14. The van der Waals surface area contributed by atoms with Crippen molar-refractivity contribution in [3.63, 3.8) is 0 Å². The molecule has 3 aromatic rings. The van der Waals surface area contributed by atoms with Crippen LogP contribution < -0.4 is 9.64 Å². The van der Waals surface area contributed by atoms with Gasteiger partial charge in [0, 0.05) is 31.1 Å². The maximum Gasteiger partial charge on any atom is 0.303 e. The van der Waals surface area contributed by atoms with E-state index in [2.05, 4.69) is 4.98 Å². The second-order valence-electron chi connectivity index (χ2n) is 6.99. The number of para-hydroxylation sites is 1. The van der Waals surface area contributed by atoms with E-state index >= 15 is 0 Å². The summed E-state index contributed by atoms with van der Waals surface area (Å²) in [6, 6.07) is 15.7. The third-order valence-electron chi connectivity index (χ3n) is 4.82. The monoisotopic (exact) mass is 409 g/mol. The van der Waals surface area contributed by atoms with Gasteiger partial charge in [-0.2, -0.15) is 0 Å². The minimum absolute atomic E-state index is 0.203. The Balaban J connectivity index is 1.71. The minimum Gasteiger partial charge on any atom is -0.497 e. The molecule has 30 heavy (non-hydrogen) atoms. The third-order valence-corrected chi connectivity index (χ3v) is 4.82. The second kappa shape index (κ2) is 10.5. The first-order valence-corrected chi connectivity index (χ1v) is 10.0. The topological polar surface area (TPSA) is 84.8 Å². The summed E-state index contributed by atoms with van der Waals surface area (Å²) >= 11 is 0. The van der Waals surface area contributed by atoms with Gasteiger partial charge < -0.3 is 19.5 Å². The molecule has 0 radical (unpaired) electrons. The van der Waals surface area contributed by atoms with Crippen molar-refractivity contribution < 1.29 is 19.4 Å². The van der Waals surface area contributed by atoms with E-state index in [1.54, 1.807) is 7.11 Å². The first kappa shape index (κ1) is 21.5. The number of carboxylic acid groups (broad SMARTS) is 1. The van der Waals surface area contributed by atoms with Crippen LogP contribution in [0.2, 0.25) is 0 Å². The van der Waals surface area contributed by atoms with Crippen LogP contribution in [0.4, 0.5) is 11.5 Å². The van der Waals surface area contributed by atoms with Gasteiger partial charge in [-0.15, -0.1) is 0 Å². The maximum absolute atomic E-state index is 10.5. The van der Waals surface area contributed by atoms with Crippen molar-refractivity contribution in [1.82, 2.24) is 9.97 Å². The number of ether oxygens (including phenoxy) is 2. The summed E-state index contributed by atoms with van der Waals surface area (Å²) in [5.74, 6) is 1.48. The highest BCUT2D eigenvalue weighted by atomic mass is 16.5. The van der Waals surface area contributed by atoms with Crippen LogP contribution in [0.1, 0.15) is 31.5 Å². The highest BCUT2D eigenvalue weighted by molar-refractivity contribution is 5.91. The van der Waals surface area contributed by atoms with Crippen molar-refractivity contribution in [2.24, 2.45) is 0 Å². The van der Waals surface area contributed by atoms with Crippen LogP contribution in [-0.2, 0) is 16.1 Å². The Labute approximate surface area is 176 Å². The number of aliphatic carboxylic acids is 1. The molecule has 158 valence electrons. The summed E-state index contributed by atoms with van der Waals surface area (Å²) in [7, 11) is 3.62. The molecule has 0 aliphatic rings. The molecule has 0 unspecified atom stereocenters. The number of carbonyl (C=O) groups is 1. The highest BCUT2D eigenvalue weighted by Gasteiger charge is 2.13. The standard InChI is InChI=1S/C23H27N3O4/c1-26(17-11-13-18(29-2)14-12-17)23-19-8-5-6-9-20(19)24-21(25-23)16-30-15-7-3-4-10-22(27)28/h5-6,8-9,11-14H,3-4,7,10,15-16H2,1-2H3,(H,27,28). The van der Waals surface area contributed by atoms with Gasteiger partial charge in [0.1, 0.15) is 18.2 Å². The minimum atomic E-state index is -0.756. The molecule has 2 aromatic carbocycles. The number of benzene rings is 2. The quantitative estimate of drug-likeness (QED) is 0.464. The molecule has 1 heterocycles. The number of rotatable bonds is 11. The Morgan fingerprint density at radius 3 is 2.53 bits per heavy atom. The molecule has 0 spiro atoms. The predicted molar refractivity (Wildman–Crippen MR) is 116 cm³/mol. The Kier molecular flexibility index (Phi) is 7.57. The Morgan fingerprint density at radius 1 is 1.03 bits per heavy atom. The van der Waals surface area contributed by atoms with Crippen LogP contribution in [0.15, 0.2) is 48.5 Å². The van der Waals surface area contributed by atoms with Crippen LogP contribution in [0.3, 0.4) is 0 Å². The number of fused-ring (bicyclic) bond motifs is 1. The van der Waals surface area contributed by atoms with Crippen molar-refractivity contribution in [3.05, 3.63) is 54.4 Å². The van der Waals surface area contributed by atoms with Crippen molar-refractivity contribution in [2.75, 3.05) is 25.7 Å². The molecule has 7 heteroatoms. The molecule has 0 saturated heterocycles. The zero-order valence-electron chi connectivity index (χ0n) is 17.4. The summed E-state index contributed by atoms with van der Waals surface area (Å²) < 4.78 is 11.0. The number of aromatic nitrogens is 2. The molecule has 0 fully saturated rings. The molecule has 1 N–H and O–H groups in total. The van der Waals surface area contributed by atoms with E-state index < -0.39 is 5.97 Å². The fourth-order valence-corrected chi connectivity index (χ4v) is 3.18. The van der Waals surface area contributed by atoms with Gasteiger partial charge in [-0.3, -0.25) is 4.79 Å². The lowest BCUT2D eigenvalue weighted by atomic mass is 10.2. The van der Waals surface area contributed by atoms with Crippen molar-refractivity contribution >= 4 is 28.4 Å². The number of hydrogen-bond donors (Lipinski definition) is 1. The van der Waals surface area contributed by atoms with Crippen LogP contribution in [0.25, 0.3) is 10.9 Å². The van der Waals surface area contributed by atoms with Gasteiger partial charge in [0.15, 0.2) is 5.82 Å². The number of unbranched alkanes of at least 4 members (excludes halogenated alkanes) is 2. The smallest absolute Gasteiger partial charge is 0.303 e. The van der Waals surface area contributed by atoms with Gasteiger partial charge in [-0.1, -0.05) is 18.6 Å². The van der Waals surface area contributed by atoms with Crippen molar-refractivity contribution in [2.45, 2.75) is 32.3 Å². The highest BCUT2D eigenvalue weighted by Crippen LogP contribution is 2.29. The Hall–Kier alpha value is -3.19. The lowest BCUT2D eigenvalue weighted by molar-refractivity contribution is -0.137. The van der Waals surface area contributed by atoms with E-state index in [9.17, 15) is 4.79 Å². The van der Waals surface area contributed by atoms with Crippen molar-refractivity contribution in [1.29, 1.82) is 0 Å². The van der Waals surface area contributed by atoms with E-state index in [0.29, 0.717) is 25.5 Å². The Morgan fingerprint density at radius 2 is 1.80 bits per heavy atom. The average molecular weight is 409 g/mol. The number of methoxy groups -OCH3 is 1. The molecule has 3 rings (SSSR count). The molecule has 0 aliphatic heterocycles. The molecule has 0 atom stereocenters. The van der Waals surface area contributed by atoms with Gasteiger partial charge in [-0.05, 0) is 49.2 Å². The van der Waals surface area contributed by atoms with Crippen LogP contribution in [-0.4, -0.2) is 41.8 Å².